The van der Waals surface area contributed by atoms with Gasteiger partial charge in [-0.15, -0.1) is 0 Å². The molecule has 1 atom stereocenters. The number of aryl methyl sites for hydroxylation is 2. The zero-order valence-corrected chi connectivity index (χ0v) is 11.4. The molecule has 0 bridgehead atoms. The summed E-state index contributed by atoms with van der Waals surface area (Å²) < 4.78 is 19.2. The molecule has 1 heterocycles. The minimum atomic E-state index is -0.296. The molecule has 0 radical (unpaired) electrons. The van der Waals surface area contributed by atoms with Crippen molar-refractivity contribution in [3.05, 3.63) is 64.5 Å². The average Bonchev–Trinajstić information content (AvgIpc) is 2.87. The number of ketones is 1. The smallest absolute Gasteiger partial charge is 0.173 e. The standard InChI is InChI=1S/C17H15FO2/c1-10-7-12(8-11(2)16(10)18)17(19)14-9-20-15-6-4-3-5-13(14)15/h3-8,14H,9H2,1-2H3. The molecule has 3 rings (SSSR count). The molecule has 1 aliphatic heterocycles. The molecule has 0 spiro atoms. The van der Waals surface area contributed by atoms with Crippen molar-refractivity contribution in [2.45, 2.75) is 19.8 Å². The van der Waals surface area contributed by atoms with Crippen LogP contribution in [0.4, 0.5) is 4.39 Å². The fourth-order valence-electron chi connectivity index (χ4n) is 2.67. The number of hydrogen-bond donors (Lipinski definition) is 0. The highest BCUT2D eigenvalue weighted by atomic mass is 19.1. The Balaban J connectivity index is 1.99. The number of fused-ring (bicyclic) bond motifs is 1. The van der Waals surface area contributed by atoms with Crippen LogP contribution >= 0.6 is 0 Å². The quantitative estimate of drug-likeness (QED) is 0.776. The number of hydrogen-bond acceptors (Lipinski definition) is 2. The van der Waals surface area contributed by atoms with Gasteiger partial charge in [-0.2, -0.15) is 0 Å². The summed E-state index contributed by atoms with van der Waals surface area (Å²) in [6.07, 6.45) is 0. The normalized spacial score (nSPS) is 16.6. The summed E-state index contributed by atoms with van der Waals surface area (Å²) in [5.74, 6) is 0.211. The van der Waals surface area contributed by atoms with Gasteiger partial charge in [-0.1, -0.05) is 18.2 Å². The summed E-state index contributed by atoms with van der Waals surface area (Å²) >= 11 is 0. The zero-order valence-electron chi connectivity index (χ0n) is 11.4. The van der Waals surface area contributed by atoms with E-state index in [2.05, 4.69) is 0 Å². The van der Waals surface area contributed by atoms with Crippen LogP contribution in [0.5, 0.6) is 5.75 Å². The Morgan fingerprint density at radius 1 is 1.20 bits per heavy atom. The summed E-state index contributed by atoms with van der Waals surface area (Å²) in [7, 11) is 0. The van der Waals surface area contributed by atoms with Crippen LogP contribution in [-0.2, 0) is 0 Å². The van der Waals surface area contributed by atoms with E-state index in [1.54, 1.807) is 26.0 Å². The van der Waals surface area contributed by atoms with Gasteiger partial charge in [-0.3, -0.25) is 4.79 Å². The van der Waals surface area contributed by atoms with Crippen LogP contribution in [0.15, 0.2) is 36.4 Å². The van der Waals surface area contributed by atoms with Gasteiger partial charge in [-0.25, -0.2) is 4.39 Å². The Hall–Kier alpha value is -2.16. The molecule has 0 fully saturated rings. The molecule has 0 saturated carbocycles. The van der Waals surface area contributed by atoms with E-state index in [1.807, 2.05) is 24.3 Å². The molecular formula is C17H15FO2. The monoisotopic (exact) mass is 270 g/mol. The Morgan fingerprint density at radius 3 is 2.55 bits per heavy atom. The number of Topliss-reactive ketones (excluding diaryl/α,β-unsaturated/α-hetero) is 1. The van der Waals surface area contributed by atoms with E-state index >= 15 is 0 Å². The molecule has 0 saturated heterocycles. The minimum Gasteiger partial charge on any atom is -0.492 e. The van der Waals surface area contributed by atoms with Crippen molar-refractivity contribution in [3.63, 3.8) is 0 Å². The largest absolute Gasteiger partial charge is 0.492 e. The van der Waals surface area contributed by atoms with E-state index < -0.39 is 0 Å². The fraction of sp³-hybridized carbons (Fsp3) is 0.235. The molecule has 1 unspecified atom stereocenters. The van der Waals surface area contributed by atoms with Gasteiger partial charge in [0.05, 0.1) is 5.92 Å². The van der Waals surface area contributed by atoms with E-state index in [1.165, 1.54) is 0 Å². The Bertz CT molecular complexity index is 668. The van der Waals surface area contributed by atoms with Crippen LogP contribution in [0.25, 0.3) is 0 Å². The second kappa shape index (κ2) is 4.75. The van der Waals surface area contributed by atoms with Crippen LogP contribution in [0.1, 0.15) is 33.0 Å². The number of halogens is 1. The van der Waals surface area contributed by atoms with Crippen molar-refractivity contribution in [3.8, 4) is 5.75 Å². The number of carbonyl (C=O) groups is 1. The van der Waals surface area contributed by atoms with Crippen LogP contribution in [0, 0.1) is 19.7 Å². The molecule has 2 aromatic rings. The molecule has 2 aromatic carbocycles. The maximum atomic E-state index is 13.7. The minimum absolute atomic E-state index is 0.0128. The second-order valence-electron chi connectivity index (χ2n) is 5.19. The number of ether oxygens (including phenoxy) is 1. The lowest BCUT2D eigenvalue weighted by atomic mass is 9.91. The SMILES string of the molecule is Cc1cc(C(=O)C2COc3ccccc32)cc(C)c1F. The summed E-state index contributed by atoms with van der Waals surface area (Å²) in [5.41, 5.74) is 2.46. The van der Waals surface area contributed by atoms with Crippen LogP contribution in [-0.4, -0.2) is 12.4 Å². The number of benzene rings is 2. The van der Waals surface area contributed by atoms with Crippen molar-refractivity contribution < 1.29 is 13.9 Å². The molecule has 1 aliphatic rings. The highest BCUT2D eigenvalue weighted by Gasteiger charge is 2.31. The first-order valence-electron chi connectivity index (χ1n) is 6.60. The van der Waals surface area contributed by atoms with Crippen LogP contribution in [0.3, 0.4) is 0 Å². The van der Waals surface area contributed by atoms with E-state index in [0.29, 0.717) is 23.3 Å². The molecule has 0 N–H and O–H groups in total. The maximum absolute atomic E-state index is 13.7. The van der Waals surface area contributed by atoms with Gasteiger partial charge >= 0.3 is 0 Å². The third kappa shape index (κ3) is 1.99. The van der Waals surface area contributed by atoms with Gasteiger partial charge in [0, 0.05) is 11.1 Å². The first-order valence-corrected chi connectivity index (χ1v) is 6.60. The predicted molar refractivity (Wildman–Crippen MR) is 74.9 cm³/mol. The van der Waals surface area contributed by atoms with E-state index in [0.717, 1.165) is 11.3 Å². The predicted octanol–water partition coefficient (Wildman–Crippen LogP) is 3.80. The van der Waals surface area contributed by atoms with Crippen molar-refractivity contribution in [1.29, 1.82) is 0 Å². The Labute approximate surface area is 117 Å². The summed E-state index contributed by atoms with van der Waals surface area (Å²) in [5, 5.41) is 0. The maximum Gasteiger partial charge on any atom is 0.173 e. The van der Waals surface area contributed by atoms with Gasteiger partial charge < -0.3 is 4.74 Å². The van der Waals surface area contributed by atoms with Crippen molar-refractivity contribution in [2.75, 3.05) is 6.61 Å². The van der Waals surface area contributed by atoms with Crippen molar-refractivity contribution >= 4 is 5.78 Å². The van der Waals surface area contributed by atoms with E-state index in [4.69, 9.17) is 4.74 Å². The number of rotatable bonds is 2. The van der Waals surface area contributed by atoms with E-state index in [9.17, 15) is 9.18 Å². The lowest BCUT2D eigenvalue weighted by Gasteiger charge is -2.10. The molecule has 102 valence electrons. The molecule has 0 aromatic heterocycles. The number of carbonyl (C=O) groups excluding carboxylic acids is 1. The third-order valence-electron chi connectivity index (χ3n) is 3.74. The summed E-state index contributed by atoms with van der Waals surface area (Å²) in [4.78, 5) is 12.6. The van der Waals surface area contributed by atoms with Gasteiger partial charge in [0.25, 0.3) is 0 Å². The molecule has 0 aliphatic carbocycles. The molecular weight excluding hydrogens is 255 g/mol. The fourth-order valence-corrected chi connectivity index (χ4v) is 2.67. The topological polar surface area (TPSA) is 26.3 Å². The molecule has 20 heavy (non-hydrogen) atoms. The highest BCUT2D eigenvalue weighted by Crippen LogP contribution is 2.35. The number of para-hydroxylation sites is 1. The average molecular weight is 270 g/mol. The van der Waals surface area contributed by atoms with Gasteiger partial charge in [0.2, 0.25) is 0 Å². The Morgan fingerprint density at radius 2 is 1.85 bits per heavy atom. The van der Waals surface area contributed by atoms with Crippen molar-refractivity contribution in [2.24, 2.45) is 0 Å². The molecule has 3 heteroatoms. The highest BCUT2D eigenvalue weighted by molar-refractivity contribution is 6.02. The lowest BCUT2D eigenvalue weighted by molar-refractivity contribution is 0.0947. The molecule has 2 nitrogen and oxygen atoms in total. The summed E-state index contributed by atoms with van der Waals surface area (Å²) in [6.45, 7) is 3.71. The van der Waals surface area contributed by atoms with Gasteiger partial charge in [0.15, 0.2) is 5.78 Å². The first-order chi connectivity index (χ1) is 9.58. The first kappa shape index (κ1) is 12.9. The summed E-state index contributed by atoms with van der Waals surface area (Å²) in [6, 6.07) is 10.8. The van der Waals surface area contributed by atoms with Crippen LogP contribution in [0.2, 0.25) is 0 Å². The van der Waals surface area contributed by atoms with E-state index in [-0.39, 0.29) is 17.5 Å². The van der Waals surface area contributed by atoms with Gasteiger partial charge in [0.1, 0.15) is 18.2 Å². The zero-order chi connectivity index (χ0) is 14.3. The Kier molecular flexibility index (Phi) is 3.05. The molecule has 0 amide bonds. The lowest BCUT2D eigenvalue weighted by Crippen LogP contribution is -2.15. The second-order valence-corrected chi connectivity index (χ2v) is 5.19. The van der Waals surface area contributed by atoms with Crippen LogP contribution < -0.4 is 4.74 Å². The third-order valence-corrected chi connectivity index (χ3v) is 3.74. The van der Waals surface area contributed by atoms with Crippen molar-refractivity contribution in [1.82, 2.24) is 0 Å². The van der Waals surface area contributed by atoms with Gasteiger partial charge in [-0.05, 0) is 43.2 Å².